The molecule has 0 spiro atoms. The van der Waals surface area contributed by atoms with E-state index in [2.05, 4.69) is 22.0 Å². The Morgan fingerprint density at radius 3 is 2.68 bits per heavy atom. The van der Waals surface area contributed by atoms with E-state index < -0.39 is 0 Å². The van der Waals surface area contributed by atoms with Crippen LogP contribution in [0.2, 0.25) is 0 Å². The van der Waals surface area contributed by atoms with Crippen molar-refractivity contribution in [2.24, 2.45) is 5.73 Å². The first-order valence-electron chi connectivity index (χ1n) is 6.52. The van der Waals surface area contributed by atoms with Gasteiger partial charge in [0.2, 0.25) is 11.8 Å². The van der Waals surface area contributed by atoms with Gasteiger partial charge in [0.15, 0.2) is 0 Å². The number of benzene rings is 1. The van der Waals surface area contributed by atoms with Gasteiger partial charge in [-0.25, -0.2) is 0 Å². The van der Waals surface area contributed by atoms with Gasteiger partial charge in [-0.1, -0.05) is 18.2 Å². The first kappa shape index (κ1) is 13.5. The van der Waals surface area contributed by atoms with Crippen molar-refractivity contribution in [3.63, 3.8) is 0 Å². The third-order valence-corrected chi connectivity index (χ3v) is 3.51. The van der Waals surface area contributed by atoms with Gasteiger partial charge >= 0.3 is 0 Å². The quantitative estimate of drug-likeness (QED) is 0.719. The summed E-state index contributed by atoms with van der Waals surface area (Å²) in [5.41, 5.74) is 6.93. The molecule has 5 heteroatoms. The van der Waals surface area contributed by atoms with Crippen LogP contribution >= 0.6 is 0 Å². The number of piperidine rings is 1. The van der Waals surface area contributed by atoms with E-state index in [0.717, 1.165) is 18.7 Å². The second-order valence-corrected chi connectivity index (χ2v) is 4.54. The van der Waals surface area contributed by atoms with Crippen molar-refractivity contribution >= 4 is 17.5 Å². The summed E-state index contributed by atoms with van der Waals surface area (Å²) in [5, 5.41) is 2.42. The third-order valence-electron chi connectivity index (χ3n) is 3.51. The number of hydrogen-bond donors (Lipinski definition) is 2. The number of rotatable bonds is 1. The maximum atomic E-state index is 11.8. The number of carbonyl (C=O) groups excluding carboxylic acids is 2. The Balaban J connectivity index is 0.000000637. The zero-order valence-electron chi connectivity index (χ0n) is 11.1. The van der Waals surface area contributed by atoms with Crippen LogP contribution in [-0.4, -0.2) is 31.4 Å². The average Bonchev–Trinajstić information content (AvgIpc) is 2.85. The fraction of sp³-hybridized carbons (Fsp3) is 0.429. The van der Waals surface area contributed by atoms with E-state index in [1.165, 1.54) is 12.6 Å². The fourth-order valence-electron chi connectivity index (χ4n) is 2.67. The van der Waals surface area contributed by atoms with Gasteiger partial charge in [-0.2, -0.15) is 0 Å². The van der Waals surface area contributed by atoms with Crippen LogP contribution in [0.5, 0.6) is 0 Å². The van der Waals surface area contributed by atoms with Crippen LogP contribution < -0.4 is 16.0 Å². The van der Waals surface area contributed by atoms with Crippen LogP contribution in [-0.2, 0) is 16.0 Å². The predicted octanol–water partition coefficient (Wildman–Crippen LogP) is 0.429. The monoisotopic (exact) mass is 261 g/mol. The molecule has 1 aromatic carbocycles. The molecular formula is C14H19N3O2. The summed E-state index contributed by atoms with van der Waals surface area (Å²) in [6, 6.07) is 7.97. The minimum atomic E-state index is -0.184. The standard InChI is InChI=1S/C13H14N2O2.CH5N/c16-12-6-5-11(13(17)14-12)15-8-7-9-3-1-2-4-10(9)15;1-2/h1-4,11H,5-8H2,(H,14,16,17);2H2,1H3. The number of imide groups is 1. The summed E-state index contributed by atoms with van der Waals surface area (Å²) < 4.78 is 0. The Hall–Kier alpha value is -1.88. The third kappa shape index (κ3) is 2.61. The van der Waals surface area contributed by atoms with Crippen LogP contribution in [0.3, 0.4) is 0 Å². The largest absolute Gasteiger partial charge is 0.359 e. The second-order valence-electron chi connectivity index (χ2n) is 4.54. The molecule has 0 aromatic heterocycles. The van der Waals surface area contributed by atoms with E-state index in [9.17, 15) is 9.59 Å². The number of para-hydroxylation sites is 1. The molecule has 2 heterocycles. The Morgan fingerprint density at radius 2 is 1.95 bits per heavy atom. The van der Waals surface area contributed by atoms with Crippen LogP contribution in [0.4, 0.5) is 5.69 Å². The number of nitrogens with one attached hydrogen (secondary N) is 1. The van der Waals surface area contributed by atoms with Gasteiger partial charge in [-0.05, 0) is 31.5 Å². The van der Waals surface area contributed by atoms with E-state index in [1.54, 1.807) is 0 Å². The molecule has 2 aliphatic rings. The van der Waals surface area contributed by atoms with Crippen molar-refractivity contribution in [1.29, 1.82) is 0 Å². The zero-order chi connectivity index (χ0) is 13.8. The molecule has 19 heavy (non-hydrogen) atoms. The highest BCUT2D eigenvalue weighted by Gasteiger charge is 2.34. The molecule has 2 amide bonds. The maximum absolute atomic E-state index is 11.8. The molecule has 0 aliphatic carbocycles. The second kappa shape index (κ2) is 5.84. The lowest BCUT2D eigenvalue weighted by Crippen LogP contribution is -2.52. The summed E-state index contributed by atoms with van der Waals surface area (Å²) in [4.78, 5) is 25.1. The Bertz CT molecular complexity index is 487. The normalized spacial score (nSPS) is 21.4. The average molecular weight is 261 g/mol. The van der Waals surface area contributed by atoms with Crippen LogP contribution in [0.1, 0.15) is 18.4 Å². The molecule has 102 valence electrons. The molecule has 2 aliphatic heterocycles. The smallest absolute Gasteiger partial charge is 0.249 e. The van der Waals surface area contributed by atoms with Crippen molar-refractivity contribution < 1.29 is 9.59 Å². The fourth-order valence-corrected chi connectivity index (χ4v) is 2.67. The van der Waals surface area contributed by atoms with Gasteiger partial charge in [-0.3, -0.25) is 14.9 Å². The lowest BCUT2D eigenvalue weighted by molar-refractivity contribution is -0.134. The number of nitrogens with zero attached hydrogens (tertiary/aromatic N) is 1. The predicted molar refractivity (Wildman–Crippen MR) is 73.8 cm³/mol. The van der Waals surface area contributed by atoms with Gasteiger partial charge in [0, 0.05) is 18.7 Å². The summed E-state index contributed by atoms with van der Waals surface area (Å²) in [6.45, 7) is 0.867. The number of amides is 2. The van der Waals surface area contributed by atoms with E-state index in [1.807, 2.05) is 18.2 Å². The minimum Gasteiger partial charge on any atom is -0.359 e. The van der Waals surface area contributed by atoms with Crippen LogP contribution in [0, 0.1) is 0 Å². The van der Waals surface area contributed by atoms with Crippen LogP contribution in [0.15, 0.2) is 24.3 Å². The molecule has 0 saturated carbocycles. The summed E-state index contributed by atoms with van der Waals surface area (Å²) in [6.07, 6.45) is 2.04. The highest BCUT2D eigenvalue weighted by molar-refractivity contribution is 6.01. The highest BCUT2D eigenvalue weighted by Crippen LogP contribution is 2.31. The summed E-state index contributed by atoms with van der Waals surface area (Å²) in [7, 11) is 1.50. The van der Waals surface area contributed by atoms with Gasteiger partial charge in [-0.15, -0.1) is 0 Å². The molecule has 1 saturated heterocycles. The molecule has 1 aromatic rings. The van der Waals surface area contributed by atoms with Gasteiger partial charge in [0.1, 0.15) is 6.04 Å². The number of anilines is 1. The highest BCUT2D eigenvalue weighted by atomic mass is 16.2. The van der Waals surface area contributed by atoms with Crippen molar-refractivity contribution in [2.45, 2.75) is 25.3 Å². The molecule has 1 atom stereocenters. The Morgan fingerprint density at radius 1 is 1.21 bits per heavy atom. The SMILES string of the molecule is CN.O=C1CCC(N2CCc3ccccc32)C(=O)N1. The van der Waals surface area contributed by atoms with E-state index in [0.29, 0.717) is 12.8 Å². The molecule has 0 bridgehead atoms. The van der Waals surface area contributed by atoms with Crippen molar-refractivity contribution in [2.75, 3.05) is 18.5 Å². The van der Waals surface area contributed by atoms with Crippen molar-refractivity contribution in [1.82, 2.24) is 5.32 Å². The first-order valence-corrected chi connectivity index (χ1v) is 6.52. The zero-order valence-corrected chi connectivity index (χ0v) is 11.1. The minimum absolute atomic E-state index is 0.154. The van der Waals surface area contributed by atoms with Crippen molar-refractivity contribution in [3.05, 3.63) is 29.8 Å². The van der Waals surface area contributed by atoms with Gasteiger partial charge in [0.25, 0.3) is 0 Å². The molecule has 1 fully saturated rings. The number of carbonyl (C=O) groups is 2. The van der Waals surface area contributed by atoms with Gasteiger partial charge < -0.3 is 10.6 Å². The van der Waals surface area contributed by atoms with Crippen LogP contribution in [0.25, 0.3) is 0 Å². The molecule has 3 rings (SSSR count). The van der Waals surface area contributed by atoms with Gasteiger partial charge in [0.05, 0.1) is 0 Å². The first-order chi connectivity index (χ1) is 9.25. The molecule has 0 radical (unpaired) electrons. The van der Waals surface area contributed by atoms with E-state index in [-0.39, 0.29) is 17.9 Å². The molecular weight excluding hydrogens is 242 g/mol. The summed E-state index contributed by atoms with van der Waals surface area (Å²) >= 11 is 0. The summed E-state index contributed by atoms with van der Waals surface area (Å²) in [5.74, 6) is -0.309. The lowest BCUT2D eigenvalue weighted by Gasteiger charge is -2.31. The van der Waals surface area contributed by atoms with Crippen molar-refractivity contribution in [3.8, 4) is 0 Å². The van der Waals surface area contributed by atoms with E-state index in [4.69, 9.17) is 0 Å². The number of nitrogens with two attached hydrogens (primary N) is 1. The number of hydrogen-bond acceptors (Lipinski definition) is 4. The molecule has 1 unspecified atom stereocenters. The van der Waals surface area contributed by atoms with E-state index >= 15 is 0 Å². The Labute approximate surface area is 112 Å². The lowest BCUT2D eigenvalue weighted by atomic mass is 10.0. The number of fused-ring (bicyclic) bond motifs is 1. The molecule has 5 nitrogen and oxygen atoms in total. The Kier molecular flexibility index (Phi) is 4.16. The maximum Gasteiger partial charge on any atom is 0.249 e. The molecule has 3 N–H and O–H groups in total. The topological polar surface area (TPSA) is 75.4 Å².